The smallest absolute Gasteiger partial charge is 0.251 e. The van der Waals surface area contributed by atoms with Crippen molar-refractivity contribution >= 4 is 16.5 Å². The topological polar surface area (TPSA) is 59.8 Å². The van der Waals surface area contributed by atoms with E-state index in [1.54, 1.807) is 16.8 Å². The maximum atomic E-state index is 11.7. The Morgan fingerprint density at radius 2 is 2.29 bits per heavy atom. The summed E-state index contributed by atoms with van der Waals surface area (Å²) < 4.78 is 1.63. The van der Waals surface area contributed by atoms with Crippen LogP contribution in [0.5, 0.6) is 0 Å². The second-order valence-corrected chi connectivity index (χ2v) is 4.76. The van der Waals surface area contributed by atoms with E-state index in [0.717, 1.165) is 22.2 Å². The monoisotopic (exact) mass is 250 g/mol. The molecule has 0 aromatic carbocycles. The van der Waals surface area contributed by atoms with Gasteiger partial charge in [0.2, 0.25) is 5.13 Å². The molecule has 0 radical (unpaired) electrons. The maximum Gasteiger partial charge on any atom is 0.251 e. The fraction of sp³-hybridized carbons (Fsp3) is 0.364. The molecule has 0 spiro atoms. The molecule has 0 saturated heterocycles. The lowest BCUT2D eigenvalue weighted by atomic mass is 10.3. The van der Waals surface area contributed by atoms with Gasteiger partial charge < -0.3 is 9.88 Å². The highest BCUT2D eigenvalue weighted by atomic mass is 32.1. The predicted octanol–water partition coefficient (Wildman–Crippen LogP) is 1.49. The maximum absolute atomic E-state index is 11.7. The number of aryl methyl sites for hydroxylation is 1. The molecule has 1 N–H and O–H groups in total. The van der Waals surface area contributed by atoms with Crippen LogP contribution in [0.4, 0.5) is 5.13 Å². The molecule has 0 aliphatic rings. The van der Waals surface area contributed by atoms with Gasteiger partial charge in [0.05, 0.1) is 6.54 Å². The molecule has 0 saturated carbocycles. The zero-order valence-corrected chi connectivity index (χ0v) is 10.6. The van der Waals surface area contributed by atoms with E-state index in [0.29, 0.717) is 6.54 Å². The largest absolute Gasteiger partial charge is 0.360 e. The Kier molecular flexibility index (Phi) is 3.53. The normalized spacial score (nSPS) is 10.5. The lowest BCUT2D eigenvalue weighted by Gasteiger charge is -2.01. The van der Waals surface area contributed by atoms with Gasteiger partial charge in [-0.25, -0.2) is 0 Å². The molecule has 0 amide bonds. The molecule has 90 valence electrons. The lowest BCUT2D eigenvalue weighted by Crippen LogP contribution is -2.19. The zero-order chi connectivity index (χ0) is 12.3. The molecule has 6 heteroatoms. The standard InChI is InChI=1S/C11H14N4OS/c1-3-12-11-14-13-9(17-11)7-15-5-4-8(2)6-10(15)16/h4-6H,3,7H2,1-2H3,(H,12,14). The van der Waals surface area contributed by atoms with E-state index in [1.165, 1.54) is 11.3 Å². The van der Waals surface area contributed by atoms with E-state index in [-0.39, 0.29) is 5.56 Å². The molecule has 17 heavy (non-hydrogen) atoms. The molecular weight excluding hydrogens is 236 g/mol. The Morgan fingerprint density at radius 1 is 1.47 bits per heavy atom. The number of nitrogens with one attached hydrogen (secondary N) is 1. The number of pyridine rings is 1. The molecular formula is C11H14N4OS. The van der Waals surface area contributed by atoms with Gasteiger partial charge in [-0.2, -0.15) is 0 Å². The number of aromatic nitrogens is 3. The highest BCUT2D eigenvalue weighted by Crippen LogP contribution is 2.15. The van der Waals surface area contributed by atoms with E-state index in [1.807, 2.05) is 19.9 Å². The number of nitrogens with zero attached hydrogens (tertiary/aromatic N) is 3. The molecule has 2 heterocycles. The summed E-state index contributed by atoms with van der Waals surface area (Å²) in [5.41, 5.74) is 0.960. The Morgan fingerprint density at radius 3 is 3.00 bits per heavy atom. The molecule has 2 aromatic heterocycles. The van der Waals surface area contributed by atoms with Gasteiger partial charge in [0.15, 0.2) is 0 Å². The SMILES string of the molecule is CCNc1nnc(Cn2ccc(C)cc2=O)s1. The average molecular weight is 250 g/mol. The van der Waals surface area contributed by atoms with Crippen molar-refractivity contribution in [2.45, 2.75) is 20.4 Å². The van der Waals surface area contributed by atoms with Crippen LogP contribution in [0, 0.1) is 6.92 Å². The highest BCUT2D eigenvalue weighted by molar-refractivity contribution is 7.15. The van der Waals surface area contributed by atoms with Crippen LogP contribution in [0.25, 0.3) is 0 Å². The number of anilines is 1. The fourth-order valence-corrected chi connectivity index (χ4v) is 2.23. The summed E-state index contributed by atoms with van der Waals surface area (Å²) in [5, 5.41) is 12.7. The first-order chi connectivity index (χ1) is 8.19. The predicted molar refractivity (Wildman–Crippen MR) is 68.6 cm³/mol. The minimum absolute atomic E-state index is 0.00907. The summed E-state index contributed by atoms with van der Waals surface area (Å²) >= 11 is 1.47. The van der Waals surface area contributed by atoms with Crippen LogP contribution < -0.4 is 10.9 Å². The quantitative estimate of drug-likeness (QED) is 0.893. The van der Waals surface area contributed by atoms with Crippen molar-refractivity contribution in [1.29, 1.82) is 0 Å². The summed E-state index contributed by atoms with van der Waals surface area (Å²) in [6.45, 7) is 5.20. The van der Waals surface area contributed by atoms with Crippen molar-refractivity contribution in [2.75, 3.05) is 11.9 Å². The second kappa shape index (κ2) is 5.09. The summed E-state index contributed by atoms with van der Waals surface area (Å²) in [7, 11) is 0. The third kappa shape index (κ3) is 2.91. The summed E-state index contributed by atoms with van der Waals surface area (Å²) in [4.78, 5) is 11.7. The van der Waals surface area contributed by atoms with Gasteiger partial charge in [0.25, 0.3) is 5.56 Å². The fourth-order valence-electron chi connectivity index (χ4n) is 1.42. The molecule has 0 aliphatic heterocycles. The van der Waals surface area contributed by atoms with Crippen LogP contribution in [0.2, 0.25) is 0 Å². The molecule has 0 bridgehead atoms. The number of hydrogen-bond acceptors (Lipinski definition) is 5. The first kappa shape index (κ1) is 11.8. The van der Waals surface area contributed by atoms with E-state index < -0.39 is 0 Å². The summed E-state index contributed by atoms with van der Waals surface area (Å²) in [6.07, 6.45) is 1.78. The summed E-state index contributed by atoms with van der Waals surface area (Å²) in [6, 6.07) is 3.53. The number of rotatable bonds is 4. The van der Waals surface area contributed by atoms with Crippen molar-refractivity contribution in [2.24, 2.45) is 0 Å². The first-order valence-corrected chi connectivity index (χ1v) is 6.24. The molecule has 5 nitrogen and oxygen atoms in total. The third-order valence-electron chi connectivity index (χ3n) is 2.25. The van der Waals surface area contributed by atoms with Crippen LogP contribution in [0.1, 0.15) is 17.5 Å². The van der Waals surface area contributed by atoms with Crippen LogP contribution >= 0.6 is 11.3 Å². The van der Waals surface area contributed by atoms with Crippen LogP contribution in [0.3, 0.4) is 0 Å². The Bertz CT molecular complexity index is 561. The number of hydrogen-bond donors (Lipinski definition) is 1. The third-order valence-corrected chi connectivity index (χ3v) is 3.12. The minimum atomic E-state index is -0.00907. The van der Waals surface area contributed by atoms with Gasteiger partial charge in [-0.15, -0.1) is 10.2 Å². The summed E-state index contributed by atoms with van der Waals surface area (Å²) in [5.74, 6) is 0. The van der Waals surface area contributed by atoms with Crippen LogP contribution in [0.15, 0.2) is 23.1 Å². The molecule has 0 unspecified atom stereocenters. The Hall–Kier alpha value is -1.69. The molecule has 0 fully saturated rings. The van der Waals surface area contributed by atoms with Crippen molar-refractivity contribution in [3.05, 3.63) is 39.3 Å². The molecule has 2 rings (SSSR count). The molecule has 0 atom stereocenters. The van der Waals surface area contributed by atoms with Gasteiger partial charge in [-0.1, -0.05) is 11.3 Å². The van der Waals surface area contributed by atoms with Gasteiger partial charge in [-0.05, 0) is 25.5 Å². The van der Waals surface area contributed by atoms with Crippen molar-refractivity contribution in [3.63, 3.8) is 0 Å². The van der Waals surface area contributed by atoms with Crippen molar-refractivity contribution < 1.29 is 0 Å². The van der Waals surface area contributed by atoms with E-state index in [2.05, 4.69) is 15.5 Å². The van der Waals surface area contributed by atoms with Crippen LogP contribution in [-0.2, 0) is 6.54 Å². The average Bonchev–Trinajstić information content (AvgIpc) is 2.71. The lowest BCUT2D eigenvalue weighted by molar-refractivity contribution is 0.742. The van der Waals surface area contributed by atoms with Gasteiger partial charge >= 0.3 is 0 Å². The van der Waals surface area contributed by atoms with Crippen molar-refractivity contribution in [3.8, 4) is 0 Å². The first-order valence-electron chi connectivity index (χ1n) is 5.42. The Balaban J connectivity index is 2.16. The molecule has 0 aliphatic carbocycles. The highest BCUT2D eigenvalue weighted by Gasteiger charge is 2.04. The Labute approximate surface area is 103 Å². The minimum Gasteiger partial charge on any atom is -0.360 e. The van der Waals surface area contributed by atoms with Gasteiger partial charge in [-0.3, -0.25) is 4.79 Å². The zero-order valence-electron chi connectivity index (χ0n) is 9.80. The second-order valence-electron chi connectivity index (χ2n) is 3.70. The van der Waals surface area contributed by atoms with Crippen LogP contribution in [-0.4, -0.2) is 21.3 Å². The van der Waals surface area contributed by atoms with Gasteiger partial charge in [0, 0.05) is 18.8 Å². The van der Waals surface area contributed by atoms with E-state index >= 15 is 0 Å². The van der Waals surface area contributed by atoms with E-state index in [4.69, 9.17) is 0 Å². The van der Waals surface area contributed by atoms with E-state index in [9.17, 15) is 4.79 Å². The van der Waals surface area contributed by atoms with Gasteiger partial charge in [0.1, 0.15) is 5.01 Å². The van der Waals surface area contributed by atoms with Crippen molar-refractivity contribution in [1.82, 2.24) is 14.8 Å². The molecule has 2 aromatic rings.